The van der Waals surface area contributed by atoms with Crippen LogP contribution in [-0.2, 0) is 12.8 Å². The highest BCUT2D eigenvalue weighted by Gasteiger charge is 2.32. The van der Waals surface area contributed by atoms with Crippen LogP contribution < -0.4 is 10.2 Å². The average molecular weight is 430 g/mol. The van der Waals surface area contributed by atoms with Crippen LogP contribution in [-0.4, -0.2) is 52.7 Å². The molecule has 2 aliphatic carbocycles. The van der Waals surface area contributed by atoms with Crippen LogP contribution in [0, 0.1) is 5.92 Å². The Labute approximate surface area is 182 Å². The number of nitrogens with one attached hydrogen (secondary N) is 1. The number of nitrogens with zero attached hydrogens (tertiary/aromatic N) is 4. The van der Waals surface area contributed by atoms with Crippen LogP contribution in [0.3, 0.4) is 0 Å². The lowest BCUT2D eigenvalue weighted by Crippen LogP contribution is -2.52. The summed E-state index contributed by atoms with van der Waals surface area (Å²) >= 11 is 7.52. The van der Waals surface area contributed by atoms with Gasteiger partial charge in [0.2, 0.25) is 0 Å². The second-order valence-electron chi connectivity index (χ2n) is 8.92. The molecule has 2 aromatic rings. The van der Waals surface area contributed by atoms with Crippen molar-refractivity contribution in [3.05, 3.63) is 16.3 Å². The monoisotopic (exact) mass is 429 g/mol. The van der Waals surface area contributed by atoms with Gasteiger partial charge < -0.3 is 15.1 Å². The van der Waals surface area contributed by atoms with E-state index in [1.807, 2.05) is 11.3 Å². The Hall–Kier alpha value is -1.47. The molecule has 1 N–H and O–H groups in total. The van der Waals surface area contributed by atoms with E-state index in [0.29, 0.717) is 5.92 Å². The van der Waals surface area contributed by atoms with Crippen LogP contribution in [0.15, 0.2) is 0 Å². The predicted molar refractivity (Wildman–Crippen MR) is 125 cm³/mol. The molecule has 0 unspecified atom stereocenters. The van der Waals surface area contributed by atoms with E-state index in [0.717, 1.165) is 56.0 Å². The third-order valence-corrected chi connectivity index (χ3v) is 8.04. The molecule has 2 aromatic heterocycles. The number of aromatic nitrogens is 2. The van der Waals surface area contributed by atoms with Crippen LogP contribution in [0.5, 0.6) is 0 Å². The van der Waals surface area contributed by atoms with Crippen LogP contribution >= 0.6 is 23.6 Å². The summed E-state index contributed by atoms with van der Waals surface area (Å²) in [4.78, 5) is 17.8. The third kappa shape index (κ3) is 3.83. The molecule has 156 valence electrons. The molecule has 0 amide bonds. The lowest BCUT2D eigenvalue weighted by atomic mass is 9.89. The summed E-state index contributed by atoms with van der Waals surface area (Å²) in [5, 5.41) is 5.64. The van der Waals surface area contributed by atoms with Gasteiger partial charge in [-0.3, -0.25) is 0 Å². The van der Waals surface area contributed by atoms with E-state index in [1.54, 1.807) is 10.4 Å². The topological polar surface area (TPSA) is 44.3 Å². The number of anilines is 1. The molecule has 3 aliphatic rings. The maximum atomic E-state index is 5.58. The third-order valence-electron chi connectivity index (χ3n) is 6.49. The highest BCUT2D eigenvalue weighted by molar-refractivity contribution is 7.80. The quantitative estimate of drug-likeness (QED) is 0.738. The van der Waals surface area contributed by atoms with Crippen molar-refractivity contribution in [2.45, 2.75) is 58.3 Å². The standard InChI is InChI=1S/C22H31N5S2/c1-3-8-23-22(28)27-11-9-26(10-12-27)20-18-16-7-4-14(2)13-17(16)29-21(18)25-19(24-20)15-5-6-15/h14-15H,3-13H2,1-2H3,(H,23,28)/t14-/m0/s1. The first kappa shape index (κ1) is 19.5. The van der Waals surface area contributed by atoms with Crippen molar-refractivity contribution in [2.24, 2.45) is 5.92 Å². The Bertz CT molecular complexity index is 912. The minimum Gasteiger partial charge on any atom is -0.363 e. The minimum absolute atomic E-state index is 0.586. The predicted octanol–water partition coefficient (Wildman–Crippen LogP) is 4.10. The van der Waals surface area contributed by atoms with Crippen molar-refractivity contribution >= 4 is 44.7 Å². The Balaban J connectivity index is 1.44. The Morgan fingerprint density at radius 1 is 1.17 bits per heavy atom. The number of hydrogen-bond acceptors (Lipinski definition) is 5. The number of aryl methyl sites for hydroxylation is 1. The smallest absolute Gasteiger partial charge is 0.169 e. The first-order valence-corrected chi connectivity index (χ1v) is 12.5. The molecular weight excluding hydrogens is 398 g/mol. The zero-order chi connectivity index (χ0) is 20.0. The summed E-state index contributed by atoms with van der Waals surface area (Å²) in [6, 6.07) is 0. The van der Waals surface area contributed by atoms with E-state index in [-0.39, 0.29) is 0 Å². The maximum Gasteiger partial charge on any atom is 0.169 e. The van der Waals surface area contributed by atoms with E-state index in [4.69, 9.17) is 22.2 Å². The van der Waals surface area contributed by atoms with Gasteiger partial charge in [-0.2, -0.15) is 0 Å². The molecule has 5 rings (SSSR count). The van der Waals surface area contributed by atoms with Crippen LogP contribution in [0.25, 0.3) is 10.2 Å². The second-order valence-corrected chi connectivity index (χ2v) is 10.4. The van der Waals surface area contributed by atoms with Crippen LogP contribution in [0.1, 0.15) is 61.7 Å². The fourth-order valence-electron chi connectivity index (χ4n) is 4.56. The Kier molecular flexibility index (Phi) is 5.37. The van der Waals surface area contributed by atoms with Crippen molar-refractivity contribution in [1.82, 2.24) is 20.2 Å². The zero-order valence-corrected chi connectivity index (χ0v) is 19.2. The fraction of sp³-hybridized carbons (Fsp3) is 0.682. The number of thiophene rings is 1. The van der Waals surface area contributed by atoms with Gasteiger partial charge in [-0.1, -0.05) is 13.8 Å². The van der Waals surface area contributed by atoms with Gasteiger partial charge >= 0.3 is 0 Å². The Morgan fingerprint density at radius 2 is 1.97 bits per heavy atom. The second kappa shape index (κ2) is 7.99. The largest absolute Gasteiger partial charge is 0.363 e. The van der Waals surface area contributed by atoms with Crippen molar-refractivity contribution in [2.75, 3.05) is 37.6 Å². The first-order chi connectivity index (χ1) is 14.1. The number of piperazine rings is 1. The lowest BCUT2D eigenvalue weighted by molar-refractivity contribution is 0.379. The van der Waals surface area contributed by atoms with E-state index in [2.05, 4.69) is 29.0 Å². The summed E-state index contributed by atoms with van der Waals surface area (Å²) < 4.78 is 0. The molecule has 7 heteroatoms. The highest BCUT2D eigenvalue weighted by atomic mass is 32.1. The average Bonchev–Trinajstić information content (AvgIpc) is 3.52. The van der Waals surface area contributed by atoms with Gasteiger partial charge in [-0.25, -0.2) is 9.97 Å². The molecule has 0 spiro atoms. The van der Waals surface area contributed by atoms with Gasteiger partial charge in [-0.15, -0.1) is 11.3 Å². The molecule has 1 saturated heterocycles. The number of fused-ring (bicyclic) bond motifs is 3. The number of rotatable bonds is 4. The summed E-state index contributed by atoms with van der Waals surface area (Å²) in [6.45, 7) is 9.39. The van der Waals surface area contributed by atoms with E-state index >= 15 is 0 Å². The van der Waals surface area contributed by atoms with Gasteiger partial charge in [0.25, 0.3) is 0 Å². The molecule has 29 heavy (non-hydrogen) atoms. The molecule has 1 atom stereocenters. The summed E-state index contributed by atoms with van der Waals surface area (Å²) in [5.74, 6) is 3.66. The lowest BCUT2D eigenvalue weighted by Gasteiger charge is -2.37. The number of hydrogen-bond donors (Lipinski definition) is 1. The zero-order valence-electron chi connectivity index (χ0n) is 17.5. The minimum atomic E-state index is 0.586. The first-order valence-electron chi connectivity index (χ1n) is 11.2. The van der Waals surface area contributed by atoms with Gasteiger partial charge in [0.1, 0.15) is 16.5 Å². The van der Waals surface area contributed by atoms with Crippen molar-refractivity contribution in [3.63, 3.8) is 0 Å². The highest BCUT2D eigenvalue weighted by Crippen LogP contribution is 2.44. The Morgan fingerprint density at radius 3 is 2.69 bits per heavy atom. The van der Waals surface area contributed by atoms with E-state index in [1.165, 1.54) is 48.1 Å². The molecule has 1 aliphatic heterocycles. The van der Waals surface area contributed by atoms with Gasteiger partial charge in [0, 0.05) is 43.5 Å². The van der Waals surface area contributed by atoms with Gasteiger partial charge in [-0.05, 0) is 62.2 Å². The molecule has 2 fully saturated rings. The molecule has 5 nitrogen and oxygen atoms in total. The summed E-state index contributed by atoms with van der Waals surface area (Å²) in [6.07, 6.45) is 7.27. The molecule has 0 radical (unpaired) electrons. The summed E-state index contributed by atoms with van der Waals surface area (Å²) in [5.41, 5.74) is 1.54. The maximum absolute atomic E-state index is 5.58. The summed E-state index contributed by atoms with van der Waals surface area (Å²) in [7, 11) is 0. The SMILES string of the molecule is CCCNC(=S)N1CCN(c2nc(C3CC3)nc3sc4c(c23)CC[C@H](C)C4)CC1. The fourth-order valence-corrected chi connectivity index (χ4v) is 6.23. The normalized spacial score (nSPS) is 22.1. The van der Waals surface area contributed by atoms with Crippen molar-refractivity contribution in [3.8, 4) is 0 Å². The molecular formula is C22H31N5S2. The molecule has 1 saturated carbocycles. The van der Waals surface area contributed by atoms with Crippen molar-refractivity contribution < 1.29 is 0 Å². The van der Waals surface area contributed by atoms with Crippen molar-refractivity contribution in [1.29, 1.82) is 0 Å². The molecule has 3 heterocycles. The van der Waals surface area contributed by atoms with Crippen LogP contribution in [0.4, 0.5) is 5.82 Å². The molecule has 0 aromatic carbocycles. The number of thiocarbonyl (C=S) groups is 1. The van der Waals surface area contributed by atoms with E-state index in [9.17, 15) is 0 Å². The van der Waals surface area contributed by atoms with Gasteiger partial charge in [0.05, 0.1) is 5.39 Å². The molecule has 0 bridgehead atoms. The van der Waals surface area contributed by atoms with Crippen LogP contribution in [0.2, 0.25) is 0 Å². The van der Waals surface area contributed by atoms with Gasteiger partial charge in [0.15, 0.2) is 5.11 Å². The van der Waals surface area contributed by atoms with E-state index < -0.39 is 0 Å².